The first-order valence-corrected chi connectivity index (χ1v) is 3.13. The van der Waals surface area contributed by atoms with Crippen molar-refractivity contribution in [2.75, 3.05) is 20.0 Å². The molecular formula is C7H10O3. The second-order valence-electron chi connectivity index (χ2n) is 1.73. The van der Waals surface area contributed by atoms with Gasteiger partial charge in [-0.3, -0.25) is 0 Å². The standard InChI is InChI=1S/C4H4O.C3H6O2/c1-2-4-5-3-1;1-2-5-3-4-1/h1-4H;1-3H2. The van der Waals surface area contributed by atoms with E-state index < -0.39 is 0 Å². The number of rotatable bonds is 0. The van der Waals surface area contributed by atoms with E-state index in [4.69, 9.17) is 9.47 Å². The molecule has 56 valence electrons. The lowest BCUT2D eigenvalue weighted by atomic mass is 10.7. The van der Waals surface area contributed by atoms with Crippen molar-refractivity contribution >= 4 is 0 Å². The fraction of sp³-hybridized carbons (Fsp3) is 0.429. The Morgan fingerprint density at radius 3 is 1.70 bits per heavy atom. The molecule has 0 aliphatic carbocycles. The maximum absolute atomic E-state index is 4.72. The molecule has 1 aliphatic heterocycles. The number of hydrogen-bond donors (Lipinski definition) is 0. The highest BCUT2D eigenvalue weighted by Gasteiger charge is 1.93. The van der Waals surface area contributed by atoms with Crippen molar-refractivity contribution in [2.24, 2.45) is 0 Å². The Kier molecular flexibility index (Phi) is 3.67. The van der Waals surface area contributed by atoms with E-state index in [1.54, 1.807) is 12.5 Å². The van der Waals surface area contributed by atoms with Crippen molar-refractivity contribution in [1.29, 1.82) is 0 Å². The summed E-state index contributed by atoms with van der Waals surface area (Å²) in [6, 6.07) is 3.67. The lowest BCUT2D eigenvalue weighted by Crippen LogP contribution is -1.79. The summed E-state index contributed by atoms with van der Waals surface area (Å²) in [4.78, 5) is 0. The SMILES string of the molecule is C1COCO1.c1ccoc1. The van der Waals surface area contributed by atoms with E-state index in [1.807, 2.05) is 12.1 Å². The van der Waals surface area contributed by atoms with Gasteiger partial charge in [0.05, 0.1) is 25.7 Å². The van der Waals surface area contributed by atoms with Crippen LogP contribution in [0.4, 0.5) is 0 Å². The van der Waals surface area contributed by atoms with Crippen molar-refractivity contribution < 1.29 is 13.9 Å². The highest BCUT2D eigenvalue weighted by Crippen LogP contribution is 1.85. The molecule has 0 bridgehead atoms. The van der Waals surface area contributed by atoms with Crippen LogP contribution in [0, 0.1) is 0 Å². The minimum absolute atomic E-state index is 0.500. The molecule has 1 saturated heterocycles. The molecule has 2 heterocycles. The average molecular weight is 142 g/mol. The molecule has 1 aromatic heterocycles. The van der Waals surface area contributed by atoms with E-state index in [-0.39, 0.29) is 0 Å². The van der Waals surface area contributed by atoms with Crippen LogP contribution in [0.25, 0.3) is 0 Å². The molecule has 0 amide bonds. The van der Waals surface area contributed by atoms with E-state index >= 15 is 0 Å². The van der Waals surface area contributed by atoms with Crippen LogP contribution in [0.3, 0.4) is 0 Å². The number of furan rings is 1. The molecular weight excluding hydrogens is 132 g/mol. The summed E-state index contributed by atoms with van der Waals surface area (Å²) in [6.45, 7) is 2.06. The van der Waals surface area contributed by atoms with Gasteiger partial charge in [-0.25, -0.2) is 0 Å². The van der Waals surface area contributed by atoms with Gasteiger partial charge in [-0.05, 0) is 12.1 Å². The van der Waals surface area contributed by atoms with Gasteiger partial charge in [-0.15, -0.1) is 0 Å². The molecule has 1 fully saturated rings. The summed E-state index contributed by atoms with van der Waals surface area (Å²) < 4.78 is 14.0. The fourth-order valence-electron chi connectivity index (χ4n) is 0.521. The van der Waals surface area contributed by atoms with Crippen LogP contribution in [0.5, 0.6) is 0 Å². The van der Waals surface area contributed by atoms with E-state index in [0.29, 0.717) is 6.79 Å². The molecule has 3 nitrogen and oxygen atoms in total. The van der Waals surface area contributed by atoms with Crippen LogP contribution in [0.15, 0.2) is 29.1 Å². The summed E-state index contributed by atoms with van der Waals surface area (Å²) >= 11 is 0. The number of ether oxygens (including phenoxy) is 2. The van der Waals surface area contributed by atoms with Crippen LogP contribution in [-0.2, 0) is 9.47 Å². The Morgan fingerprint density at radius 1 is 0.900 bits per heavy atom. The average Bonchev–Trinajstić information content (AvgIpc) is 2.67. The summed E-state index contributed by atoms with van der Waals surface area (Å²) in [5, 5.41) is 0. The number of hydrogen-bond acceptors (Lipinski definition) is 3. The zero-order chi connectivity index (χ0) is 7.07. The molecule has 3 heteroatoms. The second kappa shape index (κ2) is 5.02. The summed E-state index contributed by atoms with van der Waals surface area (Å²) in [7, 11) is 0. The minimum Gasteiger partial charge on any atom is -0.473 e. The first-order chi connectivity index (χ1) is 5.00. The molecule has 0 aromatic carbocycles. The third-order valence-electron chi connectivity index (χ3n) is 0.964. The van der Waals surface area contributed by atoms with E-state index in [9.17, 15) is 0 Å². The van der Waals surface area contributed by atoms with Crippen molar-refractivity contribution in [3.63, 3.8) is 0 Å². The quantitative estimate of drug-likeness (QED) is 0.546. The van der Waals surface area contributed by atoms with Gasteiger partial charge >= 0.3 is 0 Å². The zero-order valence-electron chi connectivity index (χ0n) is 5.66. The summed E-state index contributed by atoms with van der Waals surface area (Å²) in [5.74, 6) is 0. The highest BCUT2D eigenvalue weighted by atomic mass is 16.7. The van der Waals surface area contributed by atoms with Gasteiger partial charge < -0.3 is 13.9 Å². The van der Waals surface area contributed by atoms with Crippen molar-refractivity contribution in [1.82, 2.24) is 0 Å². The van der Waals surface area contributed by atoms with Crippen LogP contribution in [0.1, 0.15) is 0 Å². The van der Waals surface area contributed by atoms with E-state index in [1.165, 1.54) is 0 Å². The minimum atomic E-state index is 0.500. The third-order valence-corrected chi connectivity index (χ3v) is 0.964. The molecule has 0 saturated carbocycles. The molecule has 0 unspecified atom stereocenters. The highest BCUT2D eigenvalue weighted by molar-refractivity contribution is 4.79. The lowest BCUT2D eigenvalue weighted by Gasteiger charge is -1.76. The van der Waals surface area contributed by atoms with Crippen molar-refractivity contribution in [3.05, 3.63) is 24.7 Å². The second-order valence-corrected chi connectivity index (χ2v) is 1.73. The lowest BCUT2D eigenvalue weighted by molar-refractivity contribution is 0.0692. The Balaban J connectivity index is 0.0000001000. The molecule has 1 aliphatic rings. The van der Waals surface area contributed by atoms with Crippen LogP contribution in [-0.4, -0.2) is 20.0 Å². The first-order valence-electron chi connectivity index (χ1n) is 3.13. The van der Waals surface area contributed by atoms with Crippen LogP contribution < -0.4 is 0 Å². The predicted octanol–water partition coefficient (Wildman–Crippen LogP) is 1.27. The Bertz CT molecular complexity index is 108. The van der Waals surface area contributed by atoms with Gasteiger partial charge in [0.25, 0.3) is 0 Å². The molecule has 2 rings (SSSR count). The molecule has 10 heavy (non-hydrogen) atoms. The van der Waals surface area contributed by atoms with Crippen molar-refractivity contribution in [2.45, 2.75) is 0 Å². The maximum Gasteiger partial charge on any atom is 0.146 e. The van der Waals surface area contributed by atoms with Gasteiger partial charge in [-0.2, -0.15) is 0 Å². The summed E-state index contributed by atoms with van der Waals surface area (Å²) in [5.41, 5.74) is 0. The Morgan fingerprint density at radius 2 is 1.50 bits per heavy atom. The topological polar surface area (TPSA) is 31.6 Å². The normalized spacial score (nSPS) is 16.0. The smallest absolute Gasteiger partial charge is 0.146 e. The first kappa shape index (κ1) is 7.31. The molecule has 0 spiro atoms. The maximum atomic E-state index is 4.72. The van der Waals surface area contributed by atoms with Crippen LogP contribution >= 0.6 is 0 Å². The predicted molar refractivity (Wildman–Crippen MR) is 35.5 cm³/mol. The van der Waals surface area contributed by atoms with Crippen LogP contribution in [0.2, 0.25) is 0 Å². The van der Waals surface area contributed by atoms with Gasteiger partial charge in [0, 0.05) is 0 Å². The van der Waals surface area contributed by atoms with Gasteiger partial charge in [0.15, 0.2) is 0 Å². The third kappa shape index (κ3) is 3.27. The largest absolute Gasteiger partial charge is 0.473 e. The molecule has 0 radical (unpaired) electrons. The zero-order valence-corrected chi connectivity index (χ0v) is 5.66. The molecule has 0 atom stereocenters. The van der Waals surface area contributed by atoms with E-state index in [0.717, 1.165) is 13.2 Å². The molecule has 1 aromatic rings. The van der Waals surface area contributed by atoms with Crippen molar-refractivity contribution in [3.8, 4) is 0 Å². The Hall–Kier alpha value is -0.800. The molecule has 0 N–H and O–H groups in total. The van der Waals surface area contributed by atoms with Gasteiger partial charge in [0.1, 0.15) is 6.79 Å². The van der Waals surface area contributed by atoms with Gasteiger partial charge in [-0.1, -0.05) is 0 Å². The fourth-order valence-corrected chi connectivity index (χ4v) is 0.521. The van der Waals surface area contributed by atoms with Gasteiger partial charge in [0.2, 0.25) is 0 Å². The Labute approximate surface area is 59.5 Å². The summed E-state index contributed by atoms with van der Waals surface area (Å²) in [6.07, 6.45) is 3.25. The monoisotopic (exact) mass is 142 g/mol. The van der Waals surface area contributed by atoms with E-state index in [2.05, 4.69) is 4.42 Å².